The van der Waals surface area contributed by atoms with Crippen molar-refractivity contribution >= 4 is 29.9 Å². The molecule has 0 saturated carbocycles. The van der Waals surface area contributed by atoms with Crippen molar-refractivity contribution in [3.05, 3.63) is 71.3 Å². The Labute approximate surface area is 170 Å². The van der Waals surface area contributed by atoms with Crippen LogP contribution in [0.4, 0.5) is 0 Å². The second-order valence-electron chi connectivity index (χ2n) is 6.27. The summed E-state index contributed by atoms with van der Waals surface area (Å²) in [5.41, 5.74) is 6.90. The number of rotatable bonds is 6. The molecule has 6 nitrogen and oxygen atoms in total. The van der Waals surface area contributed by atoms with E-state index in [0.717, 1.165) is 5.56 Å². The van der Waals surface area contributed by atoms with Crippen LogP contribution in [0.5, 0.6) is 5.75 Å². The van der Waals surface area contributed by atoms with Crippen LogP contribution in [0, 0.1) is 0 Å². The van der Waals surface area contributed by atoms with E-state index in [2.05, 4.69) is 0 Å². The molecule has 1 unspecified atom stereocenters. The summed E-state index contributed by atoms with van der Waals surface area (Å²) >= 11 is 0. The van der Waals surface area contributed by atoms with Gasteiger partial charge in [-0.1, -0.05) is 30.3 Å². The summed E-state index contributed by atoms with van der Waals surface area (Å²) in [7, 11) is 1.55. The fourth-order valence-corrected chi connectivity index (χ4v) is 3.26. The van der Waals surface area contributed by atoms with Crippen LogP contribution in [0.3, 0.4) is 0 Å². The van der Waals surface area contributed by atoms with E-state index in [0.29, 0.717) is 30.8 Å². The molecule has 28 heavy (non-hydrogen) atoms. The molecule has 0 radical (unpaired) electrons. The third-order valence-electron chi connectivity index (χ3n) is 4.62. The second-order valence-corrected chi connectivity index (χ2v) is 6.27. The fourth-order valence-electron chi connectivity index (χ4n) is 3.26. The zero-order chi connectivity index (χ0) is 19.4. The largest absolute Gasteiger partial charge is 0.507 e. The van der Waals surface area contributed by atoms with Crippen molar-refractivity contribution in [3.63, 3.8) is 0 Å². The Balaban J connectivity index is 0.00000280. The summed E-state index contributed by atoms with van der Waals surface area (Å²) in [6.45, 7) is 0.753. The lowest BCUT2D eigenvalue weighted by Crippen LogP contribution is -2.31. The van der Waals surface area contributed by atoms with E-state index < -0.39 is 17.7 Å². The van der Waals surface area contributed by atoms with E-state index in [4.69, 9.17) is 10.5 Å². The number of nitrogens with zero attached hydrogens (tertiary/aromatic N) is 1. The molecule has 2 aromatic rings. The number of methoxy groups -OCH3 is 1. The van der Waals surface area contributed by atoms with Gasteiger partial charge in [0.25, 0.3) is 11.7 Å². The summed E-state index contributed by atoms with van der Waals surface area (Å²) in [5, 5.41) is 10.9. The van der Waals surface area contributed by atoms with Crippen LogP contribution in [0.1, 0.15) is 23.6 Å². The first-order valence-electron chi connectivity index (χ1n) is 8.76. The van der Waals surface area contributed by atoms with E-state index in [1.54, 1.807) is 31.4 Å². The highest BCUT2D eigenvalue weighted by atomic mass is 35.5. The Morgan fingerprint density at radius 3 is 2.32 bits per heavy atom. The Hall–Kier alpha value is -2.83. The minimum Gasteiger partial charge on any atom is -0.507 e. The van der Waals surface area contributed by atoms with Crippen molar-refractivity contribution in [3.8, 4) is 5.75 Å². The first-order valence-corrected chi connectivity index (χ1v) is 8.76. The van der Waals surface area contributed by atoms with Crippen LogP contribution in [0.25, 0.3) is 5.76 Å². The monoisotopic (exact) mass is 402 g/mol. The lowest BCUT2D eigenvalue weighted by Gasteiger charge is -2.25. The minimum atomic E-state index is -0.686. The highest BCUT2D eigenvalue weighted by Crippen LogP contribution is 2.39. The summed E-state index contributed by atoms with van der Waals surface area (Å²) in [4.78, 5) is 26.8. The smallest absolute Gasteiger partial charge is 0.295 e. The molecule has 0 aliphatic carbocycles. The maximum Gasteiger partial charge on any atom is 0.295 e. The van der Waals surface area contributed by atoms with Gasteiger partial charge in [-0.15, -0.1) is 12.4 Å². The maximum absolute atomic E-state index is 12.7. The van der Waals surface area contributed by atoms with Gasteiger partial charge in [0.2, 0.25) is 0 Å². The SMILES string of the molecule is COc1ccc(/C(O)=C2/C(=O)C(=O)N(CCCN)C2c2ccccc2)cc1.Cl. The van der Waals surface area contributed by atoms with E-state index in [1.165, 1.54) is 4.90 Å². The standard InChI is InChI=1S/C21H22N2O4.ClH/c1-27-16-10-8-15(9-11-16)19(24)17-18(14-6-3-2-4-7-14)23(13-5-12-22)21(26)20(17)25;/h2-4,6-11,18,24H,5,12-13,22H2,1H3;1H/b19-17-;. The molecule has 0 bridgehead atoms. The molecule has 1 aliphatic heterocycles. The van der Waals surface area contributed by atoms with E-state index in [9.17, 15) is 14.7 Å². The molecule has 1 aliphatic rings. The van der Waals surface area contributed by atoms with Gasteiger partial charge in [0.15, 0.2) is 0 Å². The van der Waals surface area contributed by atoms with Crippen molar-refractivity contribution in [1.82, 2.24) is 4.90 Å². The van der Waals surface area contributed by atoms with Gasteiger partial charge in [0.05, 0.1) is 18.7 Å². The lowest BCUT2D eigenvalue weighted by molar-refractivity contribution is -0.139. The summed E-state index contributed by atoms with van der Waals surface area (Å²) in [6, 6.07) is 15.3. The van der Waals surface area contributed by atoms with Crippen LogP contribution in [-0.4, -0.2) is 41.9 Å². The molecule has 1 heterocycles. The number of carbonyl (C=O) groups is 2. The van der Waals surface area contributed by atoms with Crippen LogP contribution in [0.15, 0.2) is 60.2 Å². The Morgan fingerprint density at radius 1 is 1.11 bits per heavy atom. The molecular weight excluding hydrogens is 380 g/mol. The van der Waals surface area contributed by atoms with Gasteiger partial charge in [-0.2, -0.15) is 0 Å². The van der Waals surface area contributed by atoms with E-state index >= 15 is 0 Å². The van der Waals surface area contributed by atoms with Gasteiger partial charge in [-0.3, -0.25) is 9.59 Å². The van der Waals surface area contributed by atoms with Gasteiger partial charge in [-0.25, -0.2) is 0 Å². The third kappa shape index (κ3) is 4.03. The molecule has 1 amide bonds. The molecule has 1 saturated heterocycles. The van der Waals surface area contributed by atoms with Gasteiger partial charge in [0, 0.05) is 12.1 Å². The van der Waals surface area contributed by atoms with Crippen molar-refractivity contribution in [2.75, 3.05) is 20.2 Å². The van der Waals surface area contributed by atoms with Gasteiger partial charge < -0.3 is 20.5 Å². The first-order chi connectivity index (χ1) is 13.1. The number of hydrogen-bond acceptors (Lipinski definition) is 5. The predicted molar refractivity (Wildman–Crippen MR) is 109 cm³/mol. The average Bonchev–Trinajstić information content (AvgIpc) is 2.97. The first kappa shape index (κ1) is 21.5. The van der Waals surface area contributed by atoms with E-state index in [-0.39, 0.29) is 23.7 Å². The fraction of sp³-hybridized carbons (Fsp3) is 0.238. The van der Waals surface area contributed by atoms with Crippen LogP contribution >= 0.6 is 12.4 Å². The number of hydrogen-bond donors (Lipinski definition) is 2. The van der Waals surface area contributed by atoms with Gasteiger partial charge in [-0.05, 0) is 42.8 Å². The Morgan fingerprint density at radius 2 is 1.75 bits per heavy atom. The number of amides is 1. The number of likely N-dealkylation sites (tertiary alicyclic amines) is 1. The number of ether oxygens (including phenoxy) is 1. The van der Waals surface area contributed by atoms with Crippen molar-refractivity contribution < 1.29 is 19.4 Å². The molecule has 148 valence electrons. The highest BCUT2D eigenvalue weighted by molar-refractivity contribution is 6.46. The predicted octanol–water partition coefficient (Wildman–Crippen LogP) is 2.89. The summed E-state index contributed by atoms with van der Waals surface area (Å²) in [6.07, 6.45) is 0.568. The molecule has 2 aromatic carbocycles. The zero-order valence-electron chi connectivity index (χ0n) is 15.5. The summed E-state index contributed by atoms with van der Waals surface area (Å²) < 4.78 is 5.13. The highest BCUT2D eigenvalue weighted by Gasteiger charge is 2.45. The second kappa shape index (κ2) is 9.39. The summed E-state index contributed by atoms with van der Waals surface area (Å²) in [5.74, 6) is -0.865. The van der Waals surface area contributed by atoms with Crippen LogP contribution in [0.2, 0.25) is 0 Å². The quantitative estimate of drug-likeness (QED) is 0.440. The lowest BCUT2D eigenvalue weighted by atomic mass is 9.95. The molecular formula is C21H23ClN2O4. The number of ketones is 1. The average molecular weight is 403 g/mol. The number of benzene rings is 2. The normalized spacial score (nSPS) is 18.1. The number of halogens is 1. The van der Waals surface area contributed by atoms with Crippen LogP contribution < -0.4 is 10.5 Å². The van der Waals surface area contributed by atoms with Gasteiger partial charge in [0.1, 0.15) is 11.5 Å². The number of Topliss-reactive ketones (excluding diaryl/α,β-unsaturated/α-hetero) is 1. The van der Waals surface area contributed by atoms with E-state index in [1.807, 2.05) is 30.3 Å². The number of carbonyl (C=O) groups excluding carboxylic acids is 2. The molecule has 0 aromatic heterocycles. The molecule has 3 N–H and O–H groups in total. The Kier molecular flexibility index (Phi) is 7.20. The number of aliphatic hydroxyl groups is 1. The zero-order valence-corrected chi connectivity index (χ0v) is 16.3. The topological polar surface area (TPSA) is 92.9 Å². The number of nitrogens with two attached hydrogens (primary N) is 1. The maximum atomic E-state index is 12.7. The van der Waals surface area contributed by atoms with Crippen molar-refractivity contribution in [2.24, 2.45) is 5.73 Å². The van der Waals surface area contributed by atoms with Crippen LogP contribution in [-0.2, 0) is 9.59 Å². The molecule has 7 heteroatoms. The Bertz CT molecular complexity index is 866. The van der Waals surface area contributed by atoms with Gasteiger partial charge >= 0.3 is 0 Å². The molecule has 0 spiro atoms. The minimum absolute atomic E-state index is 0. The molecule has 1 atom stereocenters. The molecule has 3 rings (SSSR count). The third-order valence-corrected chi connectivity index (χ3v) is 4.62. The van der Waals surface area contributed by atoms with Crippen molar-refractivity contribution in [1.29, 1.82) is 0 Å². The number of aliphatic hydroxyl groups excluding tert-OH is 1. The molecule has 1 fully saturated rings. The van der Waals surface area contributed by atoms with Crippen molar-refractivity contribution in [2.45, 2.75) is 12.5 Å².